The van der Waals surface area contributed by atoms with Crippen molar-refractivity contribution in [1.82, 2.24) is 15.1 Å². The molecule has 1 saturated heterocycles. The van der Waals surface area contributed by atoms with Crippen LogP contribution in [0.2, 0.25) is 0 Å². The van der Waals surface area contributed by atoms with Gasteiger partial charge in [0.25, 0.3) is 5.89 Å². The molecule has 1 fully saturated rings. The van der Waals surface area contributed by atoms with Crippen molar-refractivity contribution >= 4 is 10.9 Å². The molecule has 112 valence electrons. The second kappa shape index (κ2) is 5.06. The van der Waals surface area contributed by atoms with Crippen LogP contribution in [0.15, 0.2) is 33.6 Å². The Kier molecular flexibility index (Phi) is 3.04. The first kappa shape index (κ1) is 13.2. The minimum Gasteiger partial charge on any atom is -0.381 e. The molecule has 0 aliphatic carbocycles. The van der Waals surface area contributed by atoms with Crippen molar-refractivity contribution in [2.75, 3.05) is 13.2 Å². The molecule has 0 amide bonds. The SMILES string of the molecule is Cc1ccc2[nH]c(=O)cc(-c3nc(C4CCOC4)no3)c2c1. The fraction of sp³-hybridized carbons (Fsp3) is 0.312. The number of pyridine rings is 1. The second-order valence-electron chi connectivity index (χ2n) is 5.61. The van der Waals surface area contributed by atoms with E-state index in [0.29, 0.717) is 23.9 Å². The highest BCUT2D eigenvalue weighted by Crippen LogP contribution is 2.29. The number of aromatic nitrogens is 3. The van der Waals surface area contributed by atoms with Gasteiger partial charge in [-0.2, -0.15) is 4.98 Å². The molecule has 1 N–H and O–H groups in total. The molecule has 1 aliphatic heterocycles. The number of rotatable bonds is 2. The summed E-state index contributed by atoms with van der Waals surface area (Å²) in [4.78, 5) is 19.2. The number of nitrogens with zero attached hydrogens (tertiary/aromatic N) is 2. The zero-order valence-corrected chi connectivity index (χ0v) is 12.1. The maximum absolute atomic E-state index is 11.9. The van der Waals surface area contributed by atoms with Gasteiger partial charge in [-0.15, -0.1) is 0 Å². The van der Waals surface area contributed by atoms with Crippen molar-refractivity contribution in [2.45, 2.75) is 19.3 Å². The highest BCUT2D eigenvalue weighted by Gasteiger charge is 2.24. The van der Waals surface area contributed by atoms with E-state index in [1.165, 1.54) is 6.07 Å². The smallest absolute Gasteiger partial charge is 0.258 e. The summed E-state index contributed by atoms with van der Waals surface area (Å²) in [7, 11) is 0. The highest BCUT2D eigenvalue weighted by atomic mass is 16.5. The first-order valence-electron chi connectivity index (χ1n) is 7.26. The van der Waals surface area contributed by atoms with Crippen LogP contribution < -0.4 is 5.56 Å². The molecular formula is C16H15N3O3. The van der Waals surface area contributed by atoms with Gasteiger partial charge in [-0.1, -0.05) is 16.8 Å². The van der Waals surface area contributed by atoms with Crippen LogP contribution in [-0.2, 0) is 4.74 Å². The molecule has 1 atom stereocenters. The molecule has 6 nitrogen and oxygen atoms in total. The van der Waals surface area contributed by atoms with Crippen molar-refractivity contribution in [1.29, 1.82) is 0 Å². The summed E-state index contributed by atoms with van der Waals surface area (Å²) in [6.45, 7) is 3.35. The number of hydrogen-bond donors (Lipinski definition) is 1. The predicted molar refractivity (Wildman–Crippen MR) is 80.8 cm³/mol. The second-order valence-corrected chi connectivity index (χ2v) is 5.61. The van der Waals surface area contributed by atoms with Gasteiger partial charge in [0.05, 0.1) is 12.2 Å². The van der Waals surface area contributed by atoms with Crippen LogP contribution in [0.1, 0.15) is 23.7 Å². The largest absolute Gasteiger partial charge is 0.381 e. The molecule has 0 saturated carbocycles. The quantitative estimate of drug-likeness (QED) is 0.785. The maximum Gasteiger partial charge on any atom is 0.258 e. The Morgan fingerprint density at radius 1 is 1.32 bits per heavy atom. The van der Waals surface area contributed by atoms with Crippen LogP contribution in [-0.4, -0.2) is 28.3 Å². The number of H-pyrrole nitrogens is 1. The van der Waals surface area contributed by atoms with Crippen molar-refractivity contribution in [2.24, 2.45) is 0 Å². The number of fused-ring (bicyclic) bond motifs is 1. The number of nitrogens with one attached hydrogen (secondary N) is 1. The molecule has 3 aromatic rings. The van der Waals surface area contributed by atoms with Crippen molar-refractivity contribution in [3.63, 3.8) is 0 Å². The standard InChI is InChI=1S/C16H15N3O3/c1-9-2-3-13-11(6-9)12(7-14(20)17-13)16-18-15(19-22-16)10-4-5-21-8-10/h2-3,6-7,10H,4-5,8H2,1H3,(H,17,20). The van der Waals surface area contributed by atoms with Gasteiger partial charge in [0.2, 0.25) is 5.56 Å². The first-order chi connectivity index (χ1) is 10.7. The van der Waals surface area contributed by atoms with Gasteiger partial charge in [-0.25, -0.2) is 0 Å². The Morgan fingerprint density at radius 3 is 3.05 bits per heavy atom. The average Bonchev–Trinajstić information content (AvgIpc) is 3.17. The van der Waals surface area contributed by atoms with Crippen LogP contribution in [0.5, 0.6) is 0 Å². The lowest BCUT2D eigenvalue weighted by Gasteiger charge is -2.03. The summed E-state index contributed by atoms with van der Waals surface area (Å²) < 4.78 is 10.8. The number of ether oxygens (including phenoxy) is 1. The van der Waals surface area contributed by atoms with E-state index >= 15 is 0 Å². The Bertz CT molecular complexity index is 891. The summed E-state index contributed by atoms with van der Waals surface area (Å²) in [6, 6.07) is 7.35. The third-order valence-electron chi connectivity index (χ3n) is 3.97. The van der Waals surface area contributed by atoms with Crippen molar-refractivity contribution in [3.05, 3.63) is 46.0 Å². The van der Waals surface area contributed by atoms with E-state index in [1.807, 2.05) is 25.1 Å². The van der Waals surface area contributed by atoms with E-state index in [4.69, 9.17) is 9.26 Å². The molecule has 22 heavy (non-hydrogen) atoms. The van der Waals surface area contributed by atoms with E-state index < -0.39 is 0 Å². The average molecular weight is 297 g/mol. The predicted octanol–water partition coefficient (Wildman–Crippen LogP) is 2.39. The third kappa shape index (κ3) is 2.21. The minimum absolute atomic E-state index is 0.174. The normalized spacial score (nSPS) is 18.1. The van der Waals surface area contributed by atoms with Crippen LogP contribution >= 0.6 is 0 Å². The van der Waals surface area contributed by atoms with Crippen molar-refractivity contribution in [3.8, 4) is 11.5 Å². The number of hydrogen-bond acceptors (Lipinski definition) is 5. The molecule has 4 rings (SSSR count). The zero-order chi connectivity index (χ0) is 15.1. The number of aryl methyl sites for hydroxylation is 1. The maximum atomic E-state index is 11.9. The molecule has 3 heterocycles. The molecule has 1 aliphatic rings. The monoisotopic (exact) mass is 297 g/mol. The molecular weight excluding hydrogens is 282 g/mol. The summed E-state index contributed by atoms with van der Waals surface area (Å²) in [5.74, 6) is 1.20. The van der Waals surface area contributed by atoms with Gasteiger partial charge in [0, 0.05) is 29.5 Å². The first-order valence-corrected chi connectivity index (χ1v) is 7.26. The lowest BCUT2D eigenvalue weighted by Crippen LogP contribution is -2.05. The molecule has 0 bridgehead atoms. The minimum atomic E-state index is -0.185. The van der Waals surface area contributed by atoms with Crippen LogP contribution in [0.4, 0.5) is 0 Å². The Labute approximate surface area is 126 Å². The lowest BCUT2D eigenvalue weighted by atomic mass is 10.1. The number of aromatic amines is 1. The van der Waals surface area contributed by atoms with Crippen LogP contribution in [0.3, 0.4) is 0 Å². The molecule has 0 spiro atoms. The van der Waals surface area contributed by atoms with E-state index in [2.05, 4.69) is 15.1 Å². The van der Waals surface area contributed by atoms with E-state index in [-0.39, 0.29) is 11.5 Å². The number of benzene rings is 1. The molecule has 1 aromatic carbocycles. The van der Waals surface area contributed by atoms with Crippen LogP contribution in [0.25, 0.3) is 22.4 Å². The van der Waals surface area contributed by atoms with E-state index in [1.54, 1.807) is 0 Å². The topological polar surface area (TPSA) is 81.0 Å². The Balaban J connectivity index is 1.86. The summed E-state index contributed by atoms with van der Waals surface area (Å²) in [6.07, 6.45) is 0.897. The van der Waals surface area contributed by atoms with Gasteiger partial charge < -0.3 is 14.2 Å². The van der Waals surface area contributed by atoms with Gasteiger partial charge in [-0.3, -0.25) is 4.79 Å². The van der Waals surface area contributed by atoms with Gasteiger partial charge in [0.15, 0.2) is 5.82 Å². The summed E-state index contributed by atoms with van der Waals surface area (Å²) >= 11 is 0. The molecule has 1 unspecified atom stereocenters. The Hall–Kier alpha value is -2.47. The third-order valence-corrected chi connectivity index (χ3v) is 3.97. The zero-order valence-electron chi connectivity index (χ0n) is 12.1. The summed E-state index contributed by atoms with van der Waals surface area (Å²) in [5, 5.41) is 4.96. The fourth-order valence-corrected chi connectivity index (χ4v) is 2.79. The molecule has 2 aromatic heterocycles. The van der Waals surface area contributed by atoms with E-state index in [9.17, 15) is 4.79 Å². The Morgan fingerprint density at radius 2 is 2.23 bits per heavy atom. The lowest BCUT2D eigenvalue weighted by molar-refractivity contribution is 0.192. The summed E-state index contributed by atoms with van der Waals surface area (Å²) in [5.41, 5.74) is 2.34. The van der Waals surface area contributed by atoms with Gasteiger partial charge >= 0.3 is 0 Å². The van der Waals surface area contributed by atoms with Crippen molar-refractivity contribution < 1.29 is 9.26 Å². The van der Waals surface area contributed by atoms with Gasteiger partial charge in [0.1, 0.15) is 0 Å². The molecule has 0 radical (unpaired) electrons. The highest BCUT2D eigenvalue weighted by molar-refractivity contribution is 5.92. The van der Waals surface area contributed by atoms with Gasteiger partial charge in [-0.05, 0) is 25.5 Å². The molecule has 6 heteroatoms. The van der Waals surface area contributed by atoms with Crippen LogP contribution in [0, 0.1) is 6.92 Å². The van der Waals surface area contributed by atoms with E-state index in [0.717, 1.165) is 29.5 Å². The fourth-order valence-electron chi connectivity index (χ4n) is 2.79.